The van der Waals surface area contributed by atoms with Crippen molar-refractivity contribution >= 4 is 22.3 Å². The van der Waals surface area contributed by atoms with Crippen LogP contribution < -0.4 is 10.1 Å². The Balaban J connectivity index is 1.21. The van der Waals surface area contributed by atoms with Crippen LogP contribution >= 0.6 is 11.3 Å². The van der Waals surface area contributed by atoms with Crippen molar-refractivity contribution < 1.29 is 4.74 Å². The van der Waals surface area contributed by atoms with Crippen molar-refractivity contribution in [1.82, 2.24) is 34.7 Å². The Labute approximate surface area is 217 Å². The Morgan fingerprint density at radius 2 is 1.72 bits per heavy atom. The molecule has 10 heteroatoms. The maximum absolute atomic E-state index is 6.16. The number of aryl methyl sites for hydroxylation is 1. The summed E-state index contributed by atoms with van der Waals surface area (Å²) in [6, 6.07) is 2.51. The molecule has 1 N–H and O–H groups in total. The van der Waals surface area contributed by atoms with Gasteiger partial charge >= 0.3 is 6.01 Å². The molecule has 1 saturated heterocycles. The fourth-order valence-electron chi connectivity index (χ4n) is 4.72. The van der Waals surface area contributed by atoms with Crippen molar-refractivity contribution in [3.63, 3.8) is 0 Å². The molecular weight excluding hydrogens is 472 g/mol. The van der Waals surface area contributed by atoms with Crippen LogP contribution in [0.15, 0.2) is 24.7 Å². The van der Waals surface area contributed by atoms with Gasteiger partial charge in [0.1, 0.15) is 6.10 Å². The van der Waals surface area contributed by atoms with Crippen LogP contribution in [0.3, 0.4) is 0 Å². The largest absolute Gasteiger partial charge is 0.460 e. The summed E-state index contributed by atoms with van der Waals surface area (Å²) in [5.74, 6) is 0.689. The van der Waals surface area contributed by atoms with Crippen molar-refractivity contribution in [2.24, 2.45) is 0 Å². The minimum absolute atomic E-state index is 0.222. The van der Waals surface area contributed by atoms with Crippen LogP contribution in [0.5, 0.6) is 6.01 Å². The molecule has 1 aliphatic carbocycles. The van der Waals surface area contributed by atoms with Gasteiger partial charge < -0.3 is 15.0 Å². The molecule has 0 aromatic carbocycles. The molecule has 0 radical (unpaired) electrons. The number of nitrogens with zero attached hydrogens (tertiary/aromatic N) is 7. The molecule has 4 heterocycles. The van der Waals surface area contributed by atoms with E-state index in [2.05, 4.69) is 48.9 Å². The van der Waals surface area contributed by atoms with Gasteiger partial charge in [-0.2, -0.15) is 4.98 Å². The lowest BCUT2D eigenvalue weighted by Crippen LogP contribution is -2.45. The third kappa shape index (κ3) is 6.54. The molecule has 2 aliphatic rings. The Morgan fingerprint density at radius 3 is 2.44 bits per heavy atom. The van der Waals surface area contributed by atoms with Gasteiger partial charge in [0.2, 0.25) is 0 Å². The van der Waals surface area contributed by atoms with Crippen molar-refractivity contribution in [3.8, 4) is 16.6 Å². The number of thiazole rings is 1. The van der Waals surface area contributed by atoms with E-state index >= 15 is 0 Å². The second-order valence-electron chi connectivity index (χ2n) is 9.52. The number of aromatic nitrogens is 5. The topological polar surface area (TPSA) is 92.2 Å². The number of piperazine rings is 1. The second-order valence-corrected chi connectivity index (χ2v) is 10.5. The maximum Gasteiger partial charge on any atom is 0.317 e. The van der Waals surface area contributed by atoms with E-state index in [1.165, 1.54) is 19.3 Å². The molecule has 192 valence electrons. The molecule has 0 spiro atoms. The molecule has 0 amide bonds. The summed E-state index contributed by atoms with van der Waals surface area (Å²) in [4.78, 5) is 29.0. The molecule has 0 bridgehead atoms. The lowest BCUT2D eigenvalue weighted by molar-refractivity contribution is 0.130. The van der Waals surface area contributed by atoms with E-state index in [1.807, 2.05) is 18.5 Å². The SMILES string of the molecule is CCc1cc(-c2cnc(Nc3cnc(CN4CCN(CC)CC4)cn3)s2)nc(OC2CCCCC2)n1. The average molecular weight is 509 g/mol. The Kier molecular flexibility index (Phi) is 8.35. The number of ether oxygens (including phenoxy) is 1. The first-order valence-corrected chi connectivity index (χ1v) is 14.0. The highest BCUT2D eigenvalue weighted by atomic mass is 32.1. The lowest BCUT2D eigenvalue weighted by atomic mass is 9.98. The highest BCUT2D eigenvalue weighted by Gasteiger charge is 2.19. The third-order valence-electron chi connectivity index (χ3n) is 6.94. The van der Waals surface area contributed by atoms with Gasteiger partial charge in [-0.3, -0.25) is 9.88 Å². The van der Waals surface area contributed by atoms with Crippen LogP contribution in [0, 0.1) is 0 Å². The number of hydrogen-bond acceptors (Lipinski definition) is 10. The maximum atomic E-state index is 6.16. The van der Waals surface area contributed by atoms with E-state index in [-0.39, 0.29) is 6.10 Å². The molecule has 1 aliphatic heterocycles. The summed E-state index contributed by atoms with van der Waals surface area (Å²) < 4.78 is 6.16. The summed E-state index contributed by atoms with van der Waals surface area (Å²) in [5.41, 5.74) is 2.82. The van der Waals surface area contributed by atoms with E-state index in [1.54, 1.807) is 17.5 Å². The summed E-state index contributed by atoms with van der Waals surface area (Å²) in [6.07, 6.45) is 12.4. The number of hydrogen-bond donors (Lipinski definition) is 1. The highest BCUT2D eigenvalue weighted by Crippen LogP contribution is 2.31. The van der Waals surface area contributed by atoms with E-state index < -0.39 is 0 Å². The number of anilines is 2. The first-order valence-electron chi connectivity index (χ1n) is 13.2. The van der Waals surface area contributed by atoms with Gasteiger partial charge in [0.15, 0.2) is 10.9 Å². The van der Waals surface area contributed by atoms with Crippen LogP contribution in [-0.4, -0.2) is 73.5 Å². The smallest absolute Gasteiger partial charge is 0.317 e. The van der Waals surface area contributed by atoms with Crippen LogP contribution in [0.25, 0.3) is 10.6 Å². The first-order chi connectivity index (χ1) is 17.7. The summed E-state index contributed by atoms with van der Waals surface area (Å²) in [7, 11) is 0. The summed E-state index contributed by atoms with van der Waals surface area (Å²) >= 11 is 1.54. The third-order valence-corrected chi connectivity index (χ3v) is 7.88. The van der Waals surface area contributed by atoms with Gasteiger partial charge in [0.25, 0.3) is 0 Å². The normalized spacial score (nSPS) is 17.8. The van der Waals surface area contributed by atoms with E-state index in [0.717, 1.165) is 85.6 Å². The van der Waals surface area contributed by atoms with Crippen LogP contribution in [0.2, 0.25) is 0 Å². The minimum Gasteiger partial charge on any atom is -0.460 e. The van der Waals surface area contributed by atoms with Gasteiger partial charge in [-0.15, -0.1) is 0 Å². The standard InChI is InChI=1S/C26H36N8OS/c1-3-19-14-22(31-25(30-19)35-21-8-6-5-7-9-21)23-16-29-26(36-23)32-24-17-27-20(15-28-24)18-34-12-10-33(4-2)11-13-34/h14-17,21H,3-13,18H2,1-2H3,(H,28,29,32). The molecule has 2 fully saturated rings. The molecule has 3 aromatic heterocycles. The monoisotopic (exact) mass is 508 g/mol. The van der Waals surface area contributed by atoms with Crippen molar-refractivity contribution in [3.05, 3.63) is 36.0 Å². The van der Waals surface area contributed by atoms with Gasteiger partial charge in [-0.25, -0.2) is 15.0 Å². The van der Waals surface area contributed by atoms with Crippen molar-refractivity contribution in [2.75, 3.05) is 38.0 Å². The molecule has 1 saturated carbocycles. The fraction of sp³-hybridized carbons (Fsp3) is 0.577. The molecule has 36 heavy (non-hydrogen) atoms. The molecule has 9 nitrogen and oxygen atoms in total. The Morgan fingerprint density at radius 1 is 0.917 bits per heavy atom. The first kappa shape index (κ1) is 25.0. The van der Waals surface area contributed by atoms with Crippen LogP contribution in [0.1, 0.15) is 57.3 Å². The predicted molar refractivity (Wildman–Crippen MR) is 143 cm³/mol. The number of nitrogens with one attached hydrogen (secondary N) is 1. The van der Waals surface area contributed by atoms with Gasteiger partial charge in [-0.1, -0.05) is 31.6 Å². The molecule has 5 rings (SSSR count). The van der Waals surface area contributed by atoms with Gasteiger partial charge in [0.05, 0.1) is 28.7 Å². The van der Waals surface area contributed by atoms with Gasteiger partial charge in [0, 0.05) is 44.6 Å². The average Bonchev–Trinajstić information content (AvgIpc) is 3.39. The number of likely N-dealkylation sites (N-methyl/N-ethyl adjacent to an activating group) is 1. The Hall–Kier alpha value is -2.69. The second kappa shape index (κ2) is 12.0. The Bertz CT molecular complexity index is 1110. The van der Waals surface area contributed by atoms with Crippen molar-refractivity contribution in [2.45, 2.75) is 65.0 Å². The van der Waals surface area contributed by atoms with E-state index in [4.69, 9.17) is 9.72 Å². The van der Waals surface area contributed by atoms with Crippen LogP contribution in [-0.2, 0) is 13.0 Å². The zero-order chi connectivity index (χ0) is 24.7. The zero-order valence-corrected chi connectivity index (χ0v) is 22.1. The predicted octanol–water partition coefficient (Wildman–Crippen LogP) is 4.55. The van der Waals surface area contributed by atoms with Crippen molar-refractivity contribution in [1.29, 1.82) is 0 Å². The highest BCUT2D eigenvalue weighted by molar-refractivity contribution is 7.18. The molecule has 0 atom stereocenters. The number of rotatable bonds is 9. The van der Waals surface area contributed by atoms with E-state index in [9.17, 15) is 0 Å². The molecule has 0 unspecified atom stereocenters. The minimum atomic E-state index is 0.222. The van der Waals surface area contributed by atoms with Gasteiger partial charge in [-0.05, 0) is 44.7 Å². The summed E-state index contributed by atoms with van der Waals surface area (Å²) in [6.45, 7) is 10.7. The molecule has 3 aromatic rings. The quantitative estimate of drug-likeness (QED) is 0.447. The fourth-order valence-corrected chi connectivity index (χ4v) is 5.50. The van der Waals surface area contributed by atoms with Crippen LogP contribution in [0.4, 0.5) is 10.9 Å². The molecular formula is C26H36N8OS. The lowest BCUT2D eigenvalue weighted by Gasteiger charge is -2.33. The zero-order valence-electron chi connectivity index (χ0n) is 21.3. The summed E-state index contributed by atoms with van der Waals surface area (Å²) in [5, 5.41) is 4.04. The van der Waals surface area contributed by atoms with E-state index in [0.29, 0.717) is 11.8 Å².